The first-order valence-corrected chi connectivity index (χ1v) is 5.16. The van der Waals surface area contributed by atoms with Gasteiger partial charge in [0.25, 0.3) is 0 Å². The maximum absolute atomic E-state index is 2.50. The van der Waals surface area contributed by atoms with E-state index in [1.165, 1.54) is 37.2 Å². The molecule has 1 aromatic rings. The maximum atomic E-state index is 2.50. The molecular formula is C12H17N. The predicted octanol–water partition coefficient (Wildman–Crippen LogP) is 2.77. The van der Waals surface area contributed by atoms with Gasteiger partial charge < -0.3 is 4.90 Å². The lowest BCUT2D eigenvalue weighted by Crippen LogP contribution is -2.20. The minimum absolute atomic E-state index is 1.20. The molecule has 1 aliphatic rings. The van der Waals surface area contributed by atoms with Crippen LogP contribution in [0.25, 0.3) is 0 Å². The second-order valence-corrected chi connectivity index (χ2v) is 3.81. The van der Waals surface area contributed by atoms with Crippen LogP contribution >= 0.6 is 0 Å². The van der Waals surface area contributed by atoms with Crippen molar-refractivity contribution in [3.8, 4) is 0 Å². The largest absolute Gasteiger partial charge is 0.371 e. The lowest BCUT2D eigenvalue weighted by molar-refractivity contribution is 0.796. The Bertz CT molecular complexity index is 304. The molecule has 1 heterocycles. The molecule has 70 valence electrons. The second kappa shape index (κ2) is 3.41. The fraction of sp³-hybridized carbons (Fsp3) is 0.500. The number of hydrogen-bond donors (Lipinski definition) is 0. The number of rotatable bonds is 2. The van der Waals surface area contributed by atoms with E-state index in [0.29, 0.717) is 0 Å². The van der Waals surface area contributed by atoms with Gasteiger partial charge in [0.1, 0.15) is 0 Å². The quantitative estimate of drug-likeness (QED) is 0.668. The Kier molecular flexibility index (Phi) is 2.26. The van der Waals surface area contributed by atoms with Crippen molar-refractivity contribution in [3.05, 3.63) is 29.3 Å². The molecular weight excluding hydrogens is 158 g/mol. The highest BCUT2D eigenvalue weighted by Crippen LogP contribution is 2.29. The Labute approximate surface area is 80.4 Å². The van der Waals surface area contributed by atoms with Crippen molar-refractivity contribution < 1.29 is 0 Å². The molecule has 0 amide bonds. The van der Waals surface area contributed by atoms with Gasteiger partial charge in [0.2, 0.25) is 0 Å². The van der Waals surface area contributed by atoms with E-state index < -0.39 is 0 Å². The molecule has 0 atom stereocenters. The normalized spacial score (nSPS) is 14.8. The maximum Gasteiger partial charge on any atom is 0.0402 e. The zero-order valence-corrected chi connectivity index (χ0v) is 8.51. The summed E-state index contributed by atoms with van der Waals surface area (Å²) >= 11 is 0. The molecule has 0 radical (unpaired) electrons. The summed E-state index contributed by atoms with van der Waals surface area (Å²) < 4.78 is 0. The number of anilines is 1. The number of fused-ring (bicyclic) bond motifs is 1. The SMILES string of the molecule is CCCN1CCc2c(C)cccc21. The zero-order chi connectivity index (χ0) is 9.26. The van der Waals surface area contributed by atoms with Crippen LogP contribution in [0.15, 0.2) is 18.2 Å². The van der Waals surface area contributed by atoms with Gasteiger partial charge in [0.15, 0.2) is 0 Å². The van der Waals surface area contributed by atoms with Crippen LogP contribution in [0.5, 0.6) is 0 Å². The summed E-state index contributed by atoms with van der Waals surface area (Å²) in [4.78, 5) is 2.50. The van der Waals surface area contributed by atoms with Gasteiger partial charge in [0.05, 0.1) is 0 Å². The smallest absolute Gasteiger partial charge is 0.0402 e. The molecule has 1 aliphatic heterocycles. The van der Waals surface area contributed by atoms with Crippen molar-refractivity contribution in [2.75, 3.05) is 18.0 Å². The summed E-state index contributed by atoms with van der Waals surface area (Å²) in [6.45, 7) is 6.88. The van der Waals surface area contributed by atoms with E-state index in [2.05, 4.69) is 36.9 Å². The van der Waals surface area contributed by atoms with E-state index in [-0.39, 0.29) is 0 Å². The third-order valence-electron chi connectivity index (χ3n) is 2.85. The minimum Gasteiger partial charge on any atom is -0.371 e. The van der Waals surface area contributed by atoms with Crippen LogP contribution in [0.2, 0.25) is 0 Å². The molecule has 0 saturated heterocycles. The summed E-state index contributed by atoms with van der Waals surface area (Å²) in [6, 6.07) is 6.64. The van der Waals surface area contributed by atoms with Crippen molar-refractivity contribution >= 4 is 5.69 Å². The third kappa shape index (κ3) is 1.43. The number of hydrogen-bond acceptors (Lipinski definition) is 1. The highest BCUT2D eigenvalue weighted by molar-refractivity contribution is 5.60. The number of nitrogens with zero attached hydrogens (tertiary/aromatic N) is 1. The van der Waals surface area contributed by atoms with Crippen LogP contribution in [-0.4, -0.2) is 13.1 Å². The van der Waals surface area contributed by atoms with Gasteiger partial charge in [-0.15, -0.1) is 0 Å². The molecule has 2 rings (SSSR count). The first-order valence-electron chi connectivity index (χ1n) is 5.16. The standard InChI is InChI=1S/C12H17N/c1-3-8-13-9-7-11-10(2)5-4-6-12(11)13/h4-6H,3,7-9H2,1-2H3. The molecule has 0 aromatic heterocycles. The summed E-state index contributed by atoms with van der Waals surface area (Å²) in [7, 11) is 0. The molecule has 0 unspecified atom stereocenters. The monoisotopic (exact) mass is 175 g/mol. The summed E-state index contributed by atoms with van der Waals surface area (Å²) in [5.41, 5.74) is 4.49. The average molecular weight is 175 g/mol. The minimum atomic E-state index is 1.20. The first kappa shape index (κ1) is 8.61. The highest BCUT2D eigenvalue weighted by atomic mass is 15.1. The van der Waals surface area contributed by atoms with Crippen molar-refractivity contribution in [1.82, 2.24) is 0 Å². The molecule has 1 heteroatoms. The topological polar surface area (TPSA) is 3.24 Å². The van der Waals surface area contributed by atoms with E-state index in [4.69, 9.17) is 0 Å². The molecule has 0 N–H and O–H groups in total. The van der Waals surface area contributed by atoms with Gasteiger partial charge in [-0.05, 0) is 37.0 Å². The summed E-state index contributed by atoms with van der Waals surface area (Å²) in [5, 5.41) is 0. The van der Waals surface area contributed by atoms with Gasteiger partial charge in [-0.25, -0.2) is 0 Å². The summed E-state index contributed by atoms with van der Waals surface area (Å²) in [5.74, 6) is 0. The van der Waals surface area contributed by atoms with Crippen LogP contribution in [0.3, 0.4) is 0 Å². The highest BCUT2D eigenvalue weighted by Gasteiger charge is 2.18. The third-order valence-corrected chi connectivity index (χ3v) is 2.85. The van der Waals surface area contributed by atoms with Crippen molar-refractivity contribution in [2.24, 2.45) is 0 Å². The van der Waals surface area contributed by atoms with E-state index in [0.717, 1.165) is 0 Å². The first-order chi connectivity index (χ1) is 6.33. The average Bonchev–Trinajstić information content (AvgIpc) is 2.51. The molecule has 13 heavy (non-hydrogen) atoms. The lowest BCUT2D eigenvalue weighted by Gasteiger charge is -2.18. The van der Waals surface area contributed by atoms with Crippen LogP contribution < -0.4 is 4.90 Å². The Balaban J connectivity index is 2.32. The Hall–Kier alpha value is -0.980. The van der Waals surface area contributed by atoms with Gasteiger partial charge in [-0.3, -0.25) is 0 Å². The summed E-state index contributed by atoms with van der Waals surface area (Å²) in [6.07, 6.45) is 2.48. The van der Waals surface area contributed by atoms with Crippen LogP contribution in [-0.2, 0) is 6.42 Å². The van der Waals surface area contributed by atoms with E-state index in [1.807, 2.05) is 0 Å². The molecule has 0 bridgehead atoms. The zero-order valence-electron chi connectivity index (χ0n) is 8.51. The second-order valence-electron chi connectivity index (χ2n) is 3.81. The molecule has 0 fully saturated rings. The Morgan fingerprint density at radius 3 is 3.00 bits per heavy atom. The van der Waals surface area contributed by atoms with Gasteiger partial charge in [0, 0.05) is 18.8 Å². The van der Waals surface area contributed by atoms with Crippen LogP contribution in [0.4, 0.5) is 5.69 Å². The van der Waals surface area contributed by atoms with Crippen LogP contribution in [0, 0.1) is 6.92 Å². The molecule has 0 spiro atoms. The lowest BCUT2D eigenvalue weighted by atomic mass is 10.1. The number of aryl methyl sites for hydroxylation is 1. The fourth-order valence-electron chi connectivity index (χ4n) is 2.18. The van der Waals surface area contributed by atoms with E-state index >= 15 is 0 Å². The Morgan fingerprint density at radius 1 is 1.38 bits per heavy atom. The van der Waals surface area contributed by atoms with Crippen molar-refractivity contribution in [3.63, 3.8) is 0 Å². The molecule has 0 saturated carbocycles. The van der Waals surface area contributed by atoms with Gasteiger partial charge in [-0.2, -0.15) is 0 Å². The van der Waals surface area contributed by atoms with E-state index in [1.54, 1.807) is 5.56 Å². The molecule has 0 aliphatic carbocycles. The fourth-order valence-corrected chi connectivity index (χ4v) is 2.18. The molecule has 1 nitrogen and oxygen atoms in total. The molecule has 1 aromatic carbocycles. The van der Waals surface area contributed by atoms with Crippen molar-refractivity contribution in [2.45, 2.75) is 26.7 Å². The van der Waals surface area contributed by atoms with Crippen LogP contribution in [0.1, 0.15) is 24.5 Å². The predicted molar refractivity (Wildman–Crippen MR) is 57.4 cm³/mol. The number of benzene rings is 1. The van der Waals surface area contributed by atoms with Gasteiger partial charge >= 0.3 is 0 Å². The van der Waals surface area contributed by atoms with Crippen molar-refractivity contribution in [1.29, 1.82) is 0 Å². The Morgan fingerprint density at radius 2 is 2.23 bits per heavy atom. The van der Waals surface area contributed by atoms with Gasteiger partial charge in [-0.1, -0.05) is 19.1 Å². The van der Waals surface area contributed by atoms with E-state index in [9.17, 15) is 0 Å².